The second kappa shape index (κ2) is 9.82. The normalized spacial score (nSPS) is 11.7. The van der Waals surface area contributed by atoms with Gasteiger partial charge in [-0.25, -0.2) is 19.7 Å². The lowest BCUT2D eigenvalue weighted by Gasteiger charge is -2.11. The predicted octanol–water partition coefficient (Wildman–Crippen LogP) is 4.51. The van der Waals surface area contributed by atoms with E-state index in [-0.39, 0.29) is 12.5 Å². The number of ether oxygens (including phenoxy) is 1. The average molecular weight is 443 g/mol. The first-order valence-corrected chi connectivity index (χ1v) is 11.1. The highest BCUT2D eigenvalue weighted by molar-refractivity contribution is 8.00. The van der Waals surface area contributed by atoms with Crippen LogP contribution in [0.5, 0.6) is 0 Å². The largest absolute Gasteiger partial charge is 0.462 e. The van der Waals surface area contributed by atoms with E-state index in [2.05, 4.69) is 20.3 Å². The Kier molecular flexibility index (Phi) is 7.17. The number of carbonyl (C=O) groups excluding carboxylic acids is 2. The van der Waals surface area contributed by atoms with Gasteiger partial charge >= 0.3 is 5.97 Å². The molecular formula is C21H22N4O3S2. The summed E-state index contributed by atoms with van der Waals surface area (Å²) in [5.74, 6) is -0.0110. The van der Waals surface area contributed by atoms with Gasteiger partial charge in [-0.3, -0.25) is 4.79 Å². The minimum Gasteiger partial charge on any atom is -0.462 e. The van der Waals surface area contributed by atoms with Crippen LogP contribution in [0.2, 0.25) is 0 Å². The van der Waals surface area contributed by atoms with Gasteiger partial charge in [0.1, 0.15) is 15.7 Å². The molecule has 7 nitrogen and oxygen atoms in total. The SMILES string of the molecule is CCOC(=O)c1sc(NC(=O)C(C)Sc2cc(-c3ccccc3)nc(C)n2)nc1C. The highest BCUT2D eigenvalue weighted by atomic mass is 32.2. The lowest BCUT2D eigenvalue weighted by Crippen LogP contribution is -2.22. The van der Waals surface area contributed by atoms with Crippen molar-refractivity contribution in [1.29, 1.82) is 0 Å². The summed E-state index contributed by atoms with van der Waals surface area (Å²) in [5.41, 5.74) is 2.34. The molecule has 3 rings (SSSR count). The third kappa shape index (κ3) is 5.43. The van der Waals surface area contributed by atoms with Crippen molar-refractivity contribution in [3.63, 3.8) is 0 Å². The summed E-state index contributed by atoms with van der Waals surface area (Å²) in [7, 11) is 0. The highest BCUT2D eigenvalue weighted by Gasteiger charge is 2.21. The van der Waals surface area contributed by atoms with E-state index >= 15 is 0 Å². The van der Waals surface area contributed by atoms with Gasteiger partial charge in [0.2, 0.25) is 5.91 Å². The molecule has 1 aromatic carbocycles. The number of rotatable bonds is 7. The molecule has 0 spiro atoms. The molecule has 1 unspecified atom stereocenters. The number of nitrogens with one attached hydrogen (secondary N) is 1. The van der Waals surface area contributed by atoms with Crippen molar-refractivity contribution in [2.75, 3.05) is 11.9 Å². The van der Waals surface area contributed by atoms with E-state index < -0.39 is 11.2 Å². The van der Waals surface area contributed by atoms with E-state index in [0.717, 1.165) is 22.6 Å². The zero-order valence-corrected chi connectivity index (χ0v) is 18.8. The molecule has 30 heavy (non-hydrogen) atoms. The van der Waals surface area contributed by atoms with Crippen LogP contribution in [0, 0.1) is 13.8 Å². The van der Waals surface area contributed by atoms with E-state index in [1.807, 2.05) is 43.3 Å². The first kappa shape index (κ1) is 21.9. The van der Waals surface area contributed by atoms with Crippen LogP contribution in [0.1, 0.15) is 35.0 Å². The van der Waals surface area contributed by atoms with E-state index in [9.17, 15) is 9.59 Å². The Morgan fingerprint density at radius 2 is 1.90 bits per heavy atom. The maximum atomic E-state index is 12.6. The van der Waals surface area contributed by atoms with Crippen LogP contribution >= 0.6 is 23.1 Å². The number of benzene rings is 1. The van der Waals surface area contributed by atoms with Gasteiger partial charge in [-0.1, -0.05) is 53.4 Å². The number of thiazole rings is 1. The quantitative estimate of drug-likeness (QED) is 0.327. The van der Waals surface area contributed by atoms with Gasteiger partial charge in [-0.2, -0.15) is 0 Å². The second-order valence-electron chi connectivity index (χ2n) is 6.41. The monoisotopic (exact) mass is 442 g/mol. The number of amides is 1. The molecule has 9 heteroatoms. The number of aromatic nitrogens is 3. The Labute approximate surface area is 183 Å². The number of hydrogen-bond acceptors (Lipinski definition) is 8. The van der Waals surface area contributed by atoms with Gasteiger partial charge in [0.05, 0.1) is 23.2 Å². The summed E-state index contributed by atoms with van der Waals surface area (Å²) in [4.78, 5) is 38.2. The Balaban J connectivity index is 1.70. The molecule has 3 aromatic rings. The fraction of sp³-hybridized carbons (Fsp3) is 0.286. The molecule has 0 aliphatic heterocycles. The van der Waals surface area contributed by atoms with Crippen molar-refractivity contribution in [3.8, 4) is 11.3 Å². The molecule has 0 aliphatic rings. The fourth-order valence-electron chi connectivity index (χ4n) is 2.64. The summed E-state index contributed by atoms with van der Waals surface area (Å²) in [5, 5.41) is 3.45. The van der Waals surface area contributed by atoms with E-state index in [4.69, 9.17) is 4.74 Å². The smallest absolute Gasteiger partial charge is 0.350 e. The van der Waals surface area contributed by atoms with Crippen molar-refractivity contribution in [2.45, 2.75) is 38.0 Å². The van der Waals surface area contributed by atoms with Crippen molar-refractivity contribution < 1.29 is 14.3 Å². The van der Waals surface area contributed by atoms with Crippen LogP contribution in [0.4, 0.5) is 5.13 Å². The number of hydrogen-bond donors (Lipinski definition) is 1. The summed E-state index contributed by atoms with van der Waals surface area (Å²) in [6.45, 7) is 7.37. The molecule has 1 N–H and O–H groups in total. The second-order valence-corrected chi connectivity index (χ2v) is 8.77. The van der Waals surface area contributed by atoms with Gasteiger partial charge in [0.15, 0.2) is 5.13 Å². The number of thioether (sulfide) groups is 1. The lowest BCUT2D eigenvalue weighted by molar-refractivity contribution is -0.115. The van der Waals surface area contributed by atoms with Gasteiger partial charge < -0.3 is 10.1 Å². The van der Waals surface area contributed by atoms with Crippen LogP contribution in [-0.2, 0) is 9.53 Å². The molecule has 0 radical (unpaired) electrons. The highest BCUT2D eigenvalue weighted by Crippen LogP contribution is 2.28. The molecule has 156 valence electrons. The van der Waals surface area contributed by atoms with Gasteiger partial charge in [0, 0.05) is 5.56 Å². The third-order valence-corrected chi connectivity index (χ3v) is 6.11. The Morgan fingerprint density at radius 1 is 1.17 bits per heavy atom. The van der Waals surface area contributed by atoms with Crippen molar-refractivity contribution in [3.05, 3.63) is 52.8 Å². The molecule has 0 saturated heterocycles. The molecule has 2 heterocycles. The van der Waals surface area contributed by atoms with E-state index in [0.29, 0.717) is 26.6 Å². The Hall–Kier alpha value is -2.78. The summed E-state index contributed by atoms with van der Waals surface area (Å²) >= 11 is 2.45. The minimum absolute atomic E-state index is 0.221. The minimum atomic E-state index is -0.430. The van der Waals surface area contributed by atoms with Crippen molar-refractivity contribution in [2.24, 2.45) is 0 Å². The molecule has 2 aromatic heterocycles. The van der Waals surface area contributed by atoms with E-state index in [1.54, 1.807) is 20.8 Å². The number of esters is 1. The number of aryl methyl sites for hydroxylation is 2. The topological polar surface area (TPSA) is 94.1 Å². The third-order valence-electron chi connectivity index (χ3n) is 4.04. The van der Waals surface area contributed by atoms with Gasteiger partial charge in [-0.15, -0.1) is 0 Å². The van der Waals surface area contributed by atoms with Gasteiger partial charge in [-0.05, 0) is 33.8 Å². The van der Waals surface area contributed by atoms with Crippen LogP contribution in [0.3, 0.4) is 0 Å². The fourth-order valence-corrected chi connectivity index (χ4v) is 4.39. The predicted molar refractivity (Wildman–Crippen MR) is 119 cm³/mol. The molecule has 0 fully saturated rings. The molecule has 0 saturated carbocycles. The van der Waals surface area contributed by atoms with Crippen LogP contribution in [0.25, 0.3) is 11.3 Å². The molecule has 0 aliphatic carbocycles. The molecule has 0 bridgehead atoms. The van der Waals surface area contributed by atoms with Crippen LogP contribution < -0.4 is 5.32 Å². The summed E-state index contributed by atoms with van der Waals surface area (Å²) in [6.07, 6.45) is 0. The lowest BCUT2D eigenvalue weighted by atomic mass is 10.1. The number of carbonyl (C=O) groups is 2. The molecule has 1 amide bonds. The molecule has 1 atom stereocenters. The maximum Gasteiger partial charge on any atom is 0.350 e. The Bertz CT molecular complexity index is 1050. The van der Waals surface area contributed by atoms with E-state index in [1.165, 1.54) is 11.8 Å². The summed E-state index contributed by atoms with van der Waals surface area (Å²) < 4.78 is 5.01. The standard InChI is InChI=1S/C21H22N4O3S2/c1-5-28-20(27)18-12(2)22-21(30-18)25-19(26)13(3)29-17-11-16(23-14(4)24-17)15-9-7-6-8-10-15/h6-11,13H,5H2,1-4H3,(H,22,25,26). The zero-order valence-electron chi connectivity index (χ0n) is 17.1. The van der Waals surface area contributed by atoms with Crippen LogP contribution in [-0.4, -0.2) is 38.7 Å². The molecular weight excluding hydrogens is 420 g/mol. The average Bonchev–Trinajstić information content (AvgIpc) is 3.08. The van der Waals surface area contributed by atoms with Crippen molar-refractivity contribution >= 4 is 40.1 Å². The van der Waals surface area contributed by atoms with Gasteiger partial charge in [0.25, 0.3) is 0 Å². The number of anilines is 1. The summed E-state index contributed by atoms with van der Waals surface area (Å²) in [6, 6.07) is 11.7. The first-order valence-electron chi connectivity index (χ1n) is 9.40. The zero-order chi connectivity index (χ0) is 21.7. The maximum absolute atomic E-state index is 12.6. The number of nitrogens with zero attached hydrogens (tertiary/aromatic N) is 3. The first-order chi connectivity index (χ1) is 14.4. The van der Waals surface area contributed by atoms with Crippen LogP contribution in [0.15, 0.2) is 41.4 Å². The Morgan fingerprint density at radius 3 is 2.60 bits per heavy atom. The van der Waals surface area contributed by atoms with Crippen molar-refractivity contribution in [1.82, 2.24) is 15.0 Å².